The molecule has 2 N–H and O–H groups in total. The van der Waals surface area contributed by atoms with Gasteiger partial charge in [-0.15, -0.1) is 0 Å². The lowest BCUT2D eigenvalue weighted by molar-refractivity contribution is 0.0949. The second-order valence-electron chi connectivity index (χ2n) is 6.37. The first-order chi connectivity index (χ1) is 13.1. The number of anilines is 1. The van der Waals surface area contributed by atoms with Gasteiger partial charge in [-0.25, -0.2) is 0 Å². The third kappa shape index (κ3) is 3.59. The van der Waals surface area contributed by atoms with Crippen LogP contribution in [0.5, 0.6) is 0 Å². The lowest BCUT2D eigenvalue weighted by atomic mass is 10.1. The Balaban J connectivity index is 1.55. The van der Waals surface area contributed by atoms with Crippen LogP contribution < -0.4 is 10.6 Å². The van der Waals surface area contributed by atoms with E-state index in [1.807, 2.05) is 55.5 Å². The fourth-order valence-corrected chi connectivity index (χ4v) is 4.01. The average Bonchev–Trinajstić information content (AvgIpc) is 2.82. The molecule has 3 aromatic carbocycles. The van der Waals surface area contributed by atoms with Gasteiger partial charge in [-0.05, 0) is 48.4 Å². The van der Waals surface area contributed by atoms with E-state index in [1.54, 1.807) is 18.2 Å². The van der Waals surface area contributed by atoms with Crippen LogP contribution in [0.1, 0.15) is 31.8 Å². The van der Waals surface area contributed by atoms with Gasteiger partial charge in [0.1, 0.15) is 0 Å². The Morgan fingerprint density at radius 3 is 2.63 bits per heavy atom. The molecule has 0 atom stereocenters. The number of aryl methyl sites for hydroxylation is 1. The highest BCUT2D eigenvalue weighted by Crippen LogP contribution is 2.38. The molecule has 3 aromatic rings. The van der Waals surface area contributed by atoms with Crippen LogP contribution in [0, 0.1) is 6.92 Å². The van der Waals surface area contributed by atoms with Gasteiger partial charge >= 0.3 is 0 Å². The molecule has 4 rings (SSSR count). The van der Waals surface area contributed by atoms with Gasteiger partial charge in [0.05, 0.1) is 11.3 Å². The summed E-state index contributed by atoms with van der Waals surface area (Å²) in [7, 11) is 0. The highest BCUT2D eigenvalue weighted by atomic mass is 32.2. The molecular weight excluding hydrogens is 356 g/mol. The van der Waals surface area contributed by atoms with E-state index in [4.69, 9.17) is 0 Å². The van der Waals surface area contributed by atoms with Crippen molar-refractivity contribution in [1.29, 1.82) is 0 Å². The van der Waals surface area contributed by atoms with Crippen LogP contribution in [0.15, 0.2) is 76.5 Å². The SMILES string of the molecule is Cc1ccccc1CNC(=O)c1ccc2c(c1)NC(=O)c1ccccc1S2. The molecule has 134 valence electrons. The topological polar surface area (TPSA) is 58.2 Å². The minimum Gasteiger partial charge on any atom is -0.348 e. The van der Waals surface area contributed by atoms with E-state index in [0.29, 0.717) is 23.4 Å². The summed E-state index contributed by atoms with van der Waals surface area (Å²) >= 11 is 1.52. The molecule has 0 radical (unpaired) electrons. The molecule has 5 heteroatoms. The van der Waals surface area contributed by atoms with Crippen LogP contribution in [0.25, 0.3) is 0 Å². The third-order valence-corrected chi connectivity index (χ3v) is 5.69. The summed E-state index contributed by atoms with van der Waals surface area (Å²) in [5, 5.41) is 5.87. The van der Waals surface area contributed by atoms with E-state index in [0.717, 1.165) is 20.9 Å². The Morgan fingerprint density at radius 1 is 1.00 bits per heavy atom. The molecule has 2 amide bonds. The Morgan fingerprint density at radius 2 is 1.78 bits per heavy atom. The molecule has 0 fully saturated rings. The summed E-state index contributed by atoms with van der Waals surface area (Å²) in [6, 6.07) is 20.9. The maximum atomic E-state index is 12.6. The number of rotatable bonds is 3. The van der Waals surface area contributed by atoms with Gasteiger partial charge < -0.3 is 10.6 Å². The number of hydrogen-bond donors (Lipinski definition) is 2. The van der Waals surface area contributed by atoms with Crippen LogP contribution >= 0.6 is 11.8 Å². The first-order valence-electron chi connectivity index (χ1n) is 8.67. The quantitative estimate of drug-likeness (QED) is 0.702. The van der Waals surface area contributed by atoms with Gasteiger partial charge in [0, 0.05) is 21.9 Å². The molecule has 0 spiro atoms. The normalized spacial score (nSPS) is 12.4. The molecule has 0 aromatic heterocycles. The zero-order chi connectivity index (χ0) is 18.8. The minimum atomic E-state index is -0.165. The van der Waals surface area contributed by atoms with Crippen molar-refractivity contribution >= 4 is 29.3 Å². The van der Waals surface area contributed by atoms with Crippen molar-refractivity contribution in [2.24, 2.45) is 0 Å². The Hall–Kier alpha value is -3.05. The number of hydrogen-bond acceptors (Lipinski definition) is 3. The average molecular weight is 374 g/mol. The standard InChI is InChI=1S/C22H18N2O2S/c1-14-6-2-3-7-16(14)13-23-21(25)15-10-11-20-18(12-15)24-22(26)17-8-4-5-9-19(17)27-20/h2-12H,13H2,1H3,(H,23,25)(H,24,26). The Kier molecular flexibility index (Phi) is 4.69. The number of carbonyl (C=O) groups excluding carboxylic acids is 2. The predicted octanol–water partition coefficient (Wildman–Crippen LogP) is 4.64. The molecule has 0 bridgehead atoms. The second-order valence-corrected chi connectivity index (χ2v) is 7.46. The molecule has 0 saturated heterocycles. The highest BCUT2D eigenvalue weighted by Gasteiger charge is 2.20. The fraction of sp³-hybridized carbons (Fsp3) is 0.0909. The second kappa shape index (κ2) is 7.29. The maximum Gasteiger partial charge on any atom is 0.256 e. The van der Waals surface area contributed by atoms with Gasteiger partial charge in [0.2, 0.25) is 0 Å². The van der Waals surface area contributed by atoms with Crippen molar-refractivity contribution in [3.05, 3.63) is 89.0 Å². The molecule has 0 saturated carbocycles. The van der Waals surface area contributed by atoms with Crippen LogP contribution in [-0.4, -0.2) is 11.8 Å². The third-order valence-electron chi connectivity index (χ3n) is 4.54. The number of nitrogens with one attached hydrogen (secondary N) is 2. The van der Waals surface area contributed by atoms with Crippen molar-refractivity contribution in [2.75, 3.05) is 5.32 Å². The minimum absolute atomic E-state index is 0.158. The zero-order valence-electron chi connectivity index (χ0n) is 14.8. The highest BCUT2D eigenvalue weighted by molar-refractivity contribution is 7.99. The van der Waals surface area contributed by atoms with Gasteiger partial charge in [-0.1, -0.05) is 48.2 Å². The van der Waals surface area contributed by atoms with Gasteiger partial charge in [-0.2, -0.15) is 0 Å². The predicted molar refractivity (Wildman–Crippen MR) is 107 cm³/mol. The Bertz CT molecular complexity index is 1050. The maximum absolute atomic E-state index is 12.6. The smallest absolute Gasteiger partial charge is 0.256 e. The molecule has 4 nitrogen and oxygen atoms in total. The van der Waals surface area contributed by atoms with Crippen molar-refractivity contribution in [1.82, 2.24) is 5.32 Å². The largest absolute Gasteiger partial charge is 0.348 e. The summed E-state index contributed by atoms with van der Waals surface area (Å²) in [6.45, 7) is 2.49. The zero-order valence-corrected chi connectivity index (χ0v) is 15.6. The molecule has 1 aliphatic heterocycles. The summed E-state index contributed by atoms with van der Waals surface area (Å²) < 4.78 is 0. The number of carbonyl (C=O) groups is 2. The van der Waals surface area contributed by atoms with E-state index >= 15 is 0 Å². The van der Waals surface area contributed by atoms with E-state index in [9.17, 15) is 9.59 Å². The number of fused-ring (bicyclic) bond motifs is 2. The van der Waals surface area contributed by atoms with Crippen LogP contribution in [0.3, 0.4) is 0 Å². The summed E-state index contributed by atoms with van der Waals surface area (Å²) in [6.07, 6.45) is 0. The molecule has 1 heterocycles. The van der Waals surface area contributed by atoms with Gasteiger partial charge in [0.25, 0.3) is 11.8 Å². The first kappa shape index (κ1) is 17.4. The number of amides is 2. The summed E-state index contributed by atoms with van der Waals surface area (Å²) in [5.41, 5.74) is 4.05. The molecular formula is C22H18N2O2S. The monoisotopic (exact) mass is 374 g/mol. The van der Waals surface area contributed by atoms with E-state index in [1.165, 1.54) is 11.8 Å². The summed E-state index contributed by atoms with van der Waals surface area (Å²) in [5.74, 6) is -0.323. The molecule has 0 aliphatic carbocycles. The number of benzene rings is 3. The van der Waals surface area contributed by atoms with Crippen LogP contribution in [0.4, 0.5) is 5.69 Å². The lowest BCUT2D eigenvalue weighted by Crippen LogP contribution is -2.23. The van der Waals surface area contributed by atoms with Crippen molar-refractivity contribution in [2.45, 2.75) is 23.3 Å². The Labute approximate surface area is 162 Å². The van der Waals surface area contributed by atoms with Gasteiger partial charge in [0.15, 0.2) is 0 Å². The molecule has 27 heavy (non-hydrogen) atoms. The fourth-order valence-electron chi connectivity index (χ4n) is 3.00. The lowest BCUT2D eigenvalue weighted by Gasteiger charge is -2.11. The van der Waals surface area contributed by atoms with Crippen LogP contribution in [0.2, 0.25) is 0 Å². The van der Waals surface area contributed by atoms with E-state index < -0.39 is 0 Å². The molecule has 1 aliphatic rings. The van der Waals surface area contributed by atoms with E-state index in [-0.39, 0.29) is 11.8 Å². The first-order valence-corrected chi connectivity index (χ1v) is 9.48. The summed E-state index contributed by atoms with van der Waals surface area (Å²) in [4.78, 5) is 26.9. The van der Waals surface area contributed by atoms with Crippen molar-refractivity contribution < 1.29 is 9.59 Å². The van der Waals surface area contributed by atoms with Crippen LogP contribution in [-0.2, 0) is 6.54 Å². The molecule has 0 unspecified atom stereocenters. The van der Waals surface area contributed by atoms with Gasteiger partial charge in [-0.3, -0.25) is 9.59 Å². The van der Waals surface area contributed by atoms with E-state index in [2.05, 4.69) is 10.6 Å². The van der Waals surface area contributed by atoms with Crippen molar-refractivity contribution in [3.63, 3.8) is 0 Å². The van der Waals surface area contributed by atoms with Crippen molar-refractivity contribution in [3.8, 4) is 0 Å².